The van der Waals surface area contributed by atoms with Crippen molar-refractivity contribution in [1.29, 1.82) is 5.41 Å². The molecule has 2 aliphatic heterocycles. The molecule has 1 unspecified atom stereocenters. The third-order valence-corrected chi connectivity index (χ3v) is 3.99. The number of hydrogen-bond acceptors (Lipinski definition) is 5. The SMILES string of the molecule is CC1=NC(C)(O)C(OCCCN2CCCCC2)=C1C(=N)N. The van der Waals surface area contributed by atoms with E-state index in [1.165, 1.54) is 32.4 Å². The minimum atomic E-state index is -1.41. The number of nitrogens with zero attached hydrogens (tertiary/aromatic N) is 2. The Morgan fingerprint density at radius 3 is 2.71 bits per heavy atom. The number of rotatable bonds is 6. The number of amidine groups is 1. The van der Waals surface area contributed by atoms with Gasteiger partial charge in [-0.25, -0.2) is 4.99 Å². The summed E-state index contributed by atoms with van der Waals surface area (Å²) in [6.07, 6.45) is 4.79. The molecule has 1 atom stereocenters. The Labute approximate surface area is 126 Å². The summed E-state index contributed by atoms with van der Waals surface area (Å²) in [7, 11) is 0. The van der Waals surface area contributed by atoms with E-state index in [0.29, 0.717) is 23.7 Å². The largest absolute Gasteiger partial charge is 0.492 e. The first-order chi connectivity index (χ1) is 9.92. The number of piperidine rings is 1. The van der Waals surface area contributed by atoms with Crippen LogP contribution in [0.1, 0.15) is 39.5 Å². The number of nitrogens with two attached hydrogens (primary N) is 1. The highest BCUT2D eigenvalue weighted by atomic mass is 16.5. The molecule has 0 bridgehead atoms. The number of nitrogens with one attached hydrogen (secondary N) is 1. The van der Waals surface area contributed by atoms with E-state index in [2.05, 4.69) is 9.89 Å². The second-order valence-electron chi connectivity index (χ2n) is 5.94. The molecular weight excluding hydrogens is 268 g/mol. The Morgan fingerprint density at radius 1 is 1.43 bits per heavy atom. The number of hydrogen-bond donors (Lipinski definition) is 3. The van der Waals surface area contributed by atoms with Crippen molar-refractivity contribution in [2.45, 2.75) is 45.3 Å². The summed E-state index contributed by atoms with van der Waals surface area (Å²) < 4.78 is 5.72. The fourth-order valence-corrected chi connectivity index (χ4v) is 3.01. The zero-order valence-corrected chi connectivity index (χ0v) is 13.0. The fourth-order valence-electron chi connectivity index (χ4n) is 3.01. The van der Waals surface area contributed by atoms with E-state index >= 15 is 0 Å². The number of ether oxygens (including phenoxy) is 1. The van der Waals surface area contributed by atoms with Gasteiger partial charge in [0.15, 0.2) is 5.76 Å². The molecule has 2 rings (SSSR count). The number of aliphatic imine (C=N–C) groups is 1. The van der Waals surface area contributed by atoms with Crippen molar-refractivity contribution in [2.75, 3.05) is 26.2 Å². The van der Waals surface area contributed by atoms with Crippen LogP contribution in [0.3, 0.4) is 0 Å². The monoisotopic (exact) mass is 294 g/mol. The quantitative estimate of drug-likeness (QED) is 0.390. The van der Waals surface area contributed by atoms with Gasteiger partial charge in [0.2, 0.25) is 5.72 Å². The van der Waals surface area contributed by atoms with Gasteiger partial charge in [-0.2, -0.15) is 0 Å². The van der Waals surface area contributed by atoms with Crippen molar-refractivity contribution >= 4 is 11.5 Å². The van der Waals surface area contributed by atoms with Crippen molar-refractivity contribution in [1.82, 2.24) is 4.90 Å². The van der Waals surface area contributed by atoms with Crippen molar-refractivity contribution in [3.63, 3.8) is 0 Å². The van der Waals surface area contributed by atoms with Gasteiger partial charge in [0.05, 0.1) is 17.9 Å². The Hall–Kier alpha value is -1.40. The third-order valence-electron chi connectivity index (χ3n) is 3.99. The predicted molar refractivity (Wildman–Crippen MR) is 83.5 cm³/mol. The highest BCUT2D eigenvalue weighted by Gasteiger charge is 2.38. The third kappa shape index (κ3) is 3.83. The summed E-state index contributed by atoms with van der Waals surface area (Å²) in [6.45, 7) is 7.14. The van der Waals surface area contributed by atoms with Crippen molar-refractivity contribution in [3.05, 3.63) is 11.3 Å². The van der Waals surface area contributed by atoms with Gasteiger partial charge in [0.1, 0.15) is 5.84 Å². The Kier molecular flexibility index (Phi) is 5.00. The van der Waals surface area contributed by atoms with Crippen LogP contribution in [0.25, 0.3) is 0 Å². The molecule has 0 radical (unpaired) electrons. The van der Waals surface area contributed by atoms with E-state index in [9.17, 15) is 5.11 Å². The van der Waals surface area contributed by atoms with Crippen LogP contribution in [-0.2, 0) is 4.74 Å². The summed E-state index contributed by atoms with van der Waals surface area (Å²) in [5.41, 5.74) is 5.14. The molecule has 0 aromatic heterocycles. The molecule has 0 amide bonds. The molecule has 6 heteroatoms. The molecule has 2 aliphatic rings. The van der Waals surface area contributed by atoms with E-state index in [0.717, 1.165) is 13.0 Å². The molecule has 0 spiro atoms. The number of likely N-dealkylation sites (tertiary alicyclic amines) is 1. The summed E-state index contributed by atoms with van der Waals surface area (Å²) in [4.78, 5) is 6.56. The van der Waals surface area contributed by atoms with Gasteiger partial charge in [0.25, 0.3) is 0 Å². The fraction of sp³-hybridized carbons (Fsp3) is 0.733. The second-order valence-corrected chi connectivity index (χ2v) is 5.94. The van der Waals surface area contributed by atoms with Gasteiger partial charge in [0, 0.05) is 6.54 Å². The average Bonchev–Trinajstić information content (AvgIpc) is 2.65. The normalized spacial score (nSPS) is 26.9. The first kappa shape index (κ1) is 16.0. The summed E-state index contributed by atoms with van der Waals surface area (Å²) in [5.74, 6) is 0.200. The van der Waals surface area contributed by atoms with Crippen LogP contribution < -0.4 is 5.73 Å². The molecule has 6 nitrogen and oxygen atoms in total. The Balaban J connectivity index is 1.87. The van der Waals surface area contributed by atoms with Gasteiger partial charge < -0.3 is 20.5 Å². The molecule has 4 N–H and O–H groups in total. The lowest BCUT2D eigenvalue weighted by Crippen LogP contribution is -2.31. The van der Waals surface area contributed by atoms with Gasteiger partial charge in [-0.05, 0) is 46.2 Å². The molecule has 21 heavy (non-hydrogen) atoms. The lowest BCUT2D eigenvalue weighted by atomic mass is 10.1. The Morgan fingerprint density at radius 2 is 2.10 bits per heavy atom. The van der Waals surface area contributed by atoms with E-state index < -0.39 is 5.72 Å². The molecule has 0 aliphatic carbocycles. The maximum absolute atomic E-state index is 10.3. The van der Waals surface area contributed by atoms with Gasteiger partial charge in [-0.15, -0.1) is 0 Å². The van der Waals surface area contributed by atoms with Crippen LogP contribution >= 0.6 is 0 Å². The van der Waals surface area contributed by atoms with Crippen LogP contribution in [0.2, 0.25) is 0 Å². The van der Waals surface area contributed by atoms with Gasteiger partial charge >= 0.3 is 0 Å². The van der Waals surface area contributed by atoms with Crippen molar-refractivity contribution in [3.8, 4) is 0 Å². The smallest absolute Gasteiger partial charge is 0.212 e. The first-order valence-electron chi connectivity index (χ1n) is 7.65. The summed E-state index contributed by atoms with van der Waals surface area (Å²) >= 11 is 0. The van der Waals surface area contributed by atoms with Crippen LogP contribution in [-0.4, -0.2) is 53.5 Å². The molecule has 0 aromatic rings. The zero-order valence-electron chi connectivity index (χ0n) is 13.0. The highest BCUT2D eigenvalue weighted by molar-refractivity contribution is 6.23. The minimum absolute atomic E-state index is 0.111. The topological polar surface area (TPSA) is 94.9 Å². The lowest BCUT2D eigenvalue weighted by molar-refractivity contribution is 0.0325. The van der Waals surface area contributed by atoms with Crippen LogP contribution in [0.5, 0.6) is 0 Å². The van der Waals surface area contributed by atoms with Crippen LogP contribution in [0.15, 0.2) is 16.3 Å². The van der Waals surface area contributed by atoms with Gasteiger partial charge in [-0.1, -0.05) is 6.42 Å². The summed E-state index contributed by atoms with van der Waals surface area (Å²) in [6, 6.07) is 0. The molecule has 2 heterocycles. The number of aliphatic hydroxyl groups is 1. The molecule has 1 fully saturated rings. The standard InChI is InChI=1S/C15H26N4O2/c1-11-12(14(16)17)13(15(2,20)18-11)21-10-6-9-19-7-4-3-5-8-19/h20H,3-10H2,1-2H3,(H3,16,17). The average molecular weight is 294 g/mol. The summed E-state index contributed by atoms with van der Waals surface area (Å²) in [5, 5.41) is 17.9. The van der Waals surface area contributed by atoms with Crippen molar-refractivity contribution in [2.24, 2.45) is 10.7 Å². The van der Waals surface area contributed by atoms with Gasteiger partial charge in [-0.3, -0.25) is 5.41 Å². The molecular formula is C15H26N4O2. The predicted octanol–water partition coefficient (Wildman–Crippen LogP) is 1.25. The first-order valence-corrected chi connectivity index (χ1v) is 7.65. The van der Waals surface area contributed by atoms with Crippen molar-refractivity contribution < 1.29 is 9.84 Å². The highest BCUT2D eigenvalue weighted by Crippen LogP contribution is 2.30. The van der Waals surface area contributed by atoms with E-state index in [-0.39, 0.29) is 5.84 Å². The molecule has 1 saturated heterocycles. The molecule has 0 saturated carbocycles. The van der Waals surface area contributed by atoms with E-state index in [1.54, 1.807) is 13.8 Å². The van der Waals surface area contributed by atoms with Crippen LogP contribution in [0.4, 0.5) is 0 Å². The van der Waals surface area contributed by atoms with Crippen LogP contribution in [0, 0.1) is 5.41 Å². The lowest BCUT2D eigenvalue weighted by Gasteiger charge is -2.26. The second kappa shape index (κ2) is 6.58. The molecule has 0 aromatic carbocycles. The van der Waals surface area contributed by atoms with E-state index in [4.69, 9.17) is 15.9 Å². The molecule has 118 valence electrons. The zero-order chi connectivity index (χ0) is 15.5. The Bertz CT molecular complexity index is 462. The minimum Gasteiger partial charge on any atom is -0.492 e. The maximum atomic E-state index is 10.3. The maximum Gasteiger partial charge on any atom is 0.212 e. The van der Waals surface area contributed by atoms with E-state index in [1.807, 2.05) is 0 Å².